The minimum Gasteiger partial charge on any atom is -0.264 e. The van der Waals surface area contributed by atoms with E-state index in [1.165, 1.54) is 0 Å². The first-order valence-electron chi connectivity index (χ1n) is 4.30. The van der Waals surface area contributed by atoms with E-state index in [-0.39, 0.29) is 0 Å². The summed E-state index contributed by atoms with van der Waals surface area (Å²) in [5.74, 6) is 6.86. The van der Waals surface area contributed by atoms with Crippen molar-refractivity contribution in [3.05, 3.63) is 29.6 Å². The average molecular weight is 194 g/mol. The Morgan fingerprint density at radius 1 is 1.54 bits per heavy atom. The fourth-order valence-electron chi connectivity index (χ4n) is 0.927. The number of rotatable bonds is 2. The first-order valence-corrected chi connectivity index (χ1v) is 4.83. The van der Waals surface area contributed by atoms with Crippen LogP contribution in [0.4, 0.5) is 0 Å². The van der Waals surface area contributed by atoms with Crippen molar-refractivity contribution in [2.24, 2.45) is 0 Å². The number of alkyl halides is 1. The molecular formula is C11H12ClN. The summed E-state index contributed by atoms with van der Waals surface area (Å²) in [7, 11) is 0. The molecule has 0 atom stereocenters. The zero-order valence-electron chi connectivity index (χ0n) is 7.68. The second kappa shape index (κ2) is 5.61. The number of unbranched alkanes of at least 4 members (excludes halogenated alkanes) is 1. The van der Waals surface area contributed by atoms with Gasteiger partial charge in [-0.3, -0.25) is 4.98 Å². The second-order valence-electron chi connectivity index (χ2n) is 2.78. The maximum absolute atomic E-state index is 5.54. The van der Waals surface area contributed by atoms with Gasteiger partial charge in [0.05, 0.1) is 0 Å². The number of pyridine rings is 1. The van der Waals surface area contributed by atoms with E-state index in [9.17, 15) is 0 Å². The van der Waals surface area contributed by atoms with Gasteiger partial charge in [0.15, 0.2) is 0 Å². The predicted octanol–water partition coefficient (Wildman–Crippen LogP) is 2.76. The fraction of sp³-hybridized carbons (Fsp3) is 0.364. The van der Waals surface area contributed by atoms with E-state index in [1.54, 1.807) is 6.20 Å². The number of aryl methyl sites for hydroxylation is 1. The third-order valence-electron chi connectivity index (χ3n) is 1.68. The molecule has 0 aliphatic heterocycles. The van der Waals surface area contributed by atoms with Gasteiger partial charge in [-0.1, -0.05) is 11.8 Å². The summed E-state index contributed by atoms with van der Waals surface area (Å²) < 4.78 is 0. The van der Waals surface area contributed by atoms with Gasteiger partial charge < -0.3 is 0 Å². The van der Waals surface area contributed by atoms with Crippen LogP contribution in [0.5, 0.6) is 0 Å². The van der Waals surface area contributed by atoms with Gasteiger partial charge in [0, 0.05) is 30.3 Å². The molecule has 0 aromatic carbocycles. The number of hydrogen-bond donors (Lipinski definition) is 0. The molecular weight excluding hydrogens is 182 g/mol. The average Bonchev–Trinajstić information content (AvgIpc) is 2.15. The molecule has 0 saturated carbocycles. The van der Waals surface area contributed by atoms with Gasteiger partial charge in [-0.25, -0.2) is 0 Å². The molecule has 1 aromatic heterocycles. The SMILES string of the molecule is Cc1cnccc1C#CCCCCl. The van der Waals surface area contributed by atoms with Gasteiger partial charge in [0.2, 0.25) is 0 Å². The number of aromatic nitrogens is 1. The fourth-order valence-corrected chi connectivity index (χ4v) is 1.06. The Balaban J connectivity index is 2.61. The van der Waals surface area contributed by atoms with E-state index in [0.29, 0.717) is 5.88 Å². The van der Waals surface area contributed by atoms with Gasteiger partial charge in [0.1, 0.15) is 0 Å². The van der Waals surface area contributed by atoms with Crippen LogP contribution in [0.25, 0.3) is 0 Å². The van der Waals surface area contributed by atoms with Crippen molar-refractivity contribution >= 4 is 11.6 Å². The highest BCUT2D eigenvalue weighted by Gasteiger charge is 1.90. The number of halogens is 1. The molecule has 0 aliphatic carbocycles. The van der Waals surface area contributed by atoms with Crippen LogP contribution in [0.15, 0.2) is 18.5 Å². The Hall–Kier alpha value is -1.00. The molecule has 0 saturated heterocycles. The lowest BCUT2D eigenvalue weighted by Crippen LogP contribution is -1.82. The highest BCUT2D eigenvalue weighted by molar-refractivity contribution is 6.17. The summed E-state index contributed by atoms with van der Waals surface area (Å²) >= 11 is 5.54. The van der Waals surface area contributed by atoms with Gasteiger partial charge in [0.25, 0.3) is 0 Å². The number of nitrogens with zero attached hydrogens (tertiary/aromatic N) is 1. The van der Waals surface area contributed by atoms with E-state index in [2.05, 4.69) is 16.8 Å². The Morgan fingerprint density at radius 3 is 3.08 bits per heavy atom. The van der Waals surface area contributed by atoms with Crippen LogP contribution in [0, 0.1) is 18.8 Å². The smallest absolute Gasteiger partial charge is 0.0309 e. The maximum Gasteiger partial charge on any atom is 0.0309 e. The Morgan fingerprint density at radius 2 is 2.38 bits per heavy atom. The quantitative estimate of drug-likeness (QED) is 0.400. The predicted molar refractivity (Wildman–Crippen MR) is 55.8 cm³/mol. The minimum atomic E-state index is 0.685. The van der Waals surface area contributed by atoms with E-state index in [4.69, 9.17) is 11.6 Å². The van der Waals surface area contributed by atoms with E-state index in [1.807, 2.05) is 19.2 Å². The Bertz CT molecular complexity index is 322. The van der Waals surface area contributed by atoms with Gasteiger partial charge in [-0.15, -0.1) is 11.6 Å². The first-order chi connectivity index (χ1) is 6.34. The van der Waals surface area contributed by atoms with E-state index < -0.39 is 0 Å². The number of hydrogen-bond acceptors (Lipinski definition) is 1. The van der Waals surface area contributed by atoms with E-state index in [0.717, 1.165) is 24.0 Å². The molecule has 13 heavy (non-hydrogen) atoms. The van der Waals surface area contributed by atoms with Crippen LogP contribution in [-0.2, 0) is 0 Å². The molecule has 2 heteroatoms. The molecule has 0 aliphatic rings. The van der Waals surface area contributed by atoms with Crippen molar-refractivity contribution in [2.45, 2.75) is 19.8 Å². The molecule has 1 rings (SSSR count). The topological polar surface area (TPSA) is 12.9 Å². The highest BCUT2D eigenvalue weighted by Crippen LogP contribution is 2.02. The van der Waals surface area contributed by atoms with Crippen LogP contribution in [0.1, 0.15) is 24.0 Å². The van der Waals surface area contributed by atoms with Gasteiger partial charge in [-0.2, -0.15) is 0 Å². The third-order valence-corrected chi connectivity index (χ3v) is 1.95. The molecule has 1 nitrogen and oxygen atoms in total. The van der Waals surface area contributed by atoms with Crippen LogP contribution < -0.4 is 0 Å². The lowest BCUT2D eigenvalue weighted by molar-refractivity contribution is 0.991. The molecule has 0 radical (unpaired) electrons. The molecule has 1 heterocycles. The van der Waals surface area contributed by atoms with Crippen molar-refractivity contribution in [1.29, 1.82) is 0 Å². The molecule has 0 spiro atoms. The van der Waals surface area contributed by atoms with Gasteiger partial charge in [-0.05, 0) is 25.0 Å². The highest BCUT2D eigenvalue weighted by atomic mass is 35.5. The summed E-state index contributed by atoms with van der Waals surface area (Å²) in [6.45, 7) is 2.01. The lowest BCUT2D eigenvalue weighted by Gasteiger charge is -1.93. The summed E-state index contributed by atoms with van der Waals surface area (Å²) in [5, 5.41) is 0. The van der Waals surface area contributed by atoms with Crippen molar-refractivity contribution in [3.63, 3.8) is 0 Å². The minimum absolute atomic E-state index is 0.685. The molecule has 0 unspecified atom stereocenters. The van der Waals surface area contributed by atoms with Crippen LogP contribution in [0.2, 0.25) is 0 Å². The maximum atomic E-state index is 5.54. The van der Waals surface area contributed by atoms with Crippen LogP contribution >= 0.6 is 11.6 Å². The summed E-state index contributed by atoms with van der Waals surface area (Å²) in [6, 6.07) is 1.93. The monoisotopic (exact) mass is 193 g/mol. The molecule has 0 bridgehead atoms. The van der Waals surface area contributed by atoms with Crippen molar-refractivity contribution in [3.8, 4) is 11.8 Å². The zero-order valence-corrected chi connectivity index (χ0v) is 8.43. The lowest BCUT2D eigenvalue weighted by atomic mass is 10.1. The van der Waals surface area contributed by atoms with Crippen LogP contribution in [0.3, 0.4) is 0 Å². The summed E-state index contributed by atoms with van der Waals surface area (Å²) in [5.41, 5.74) is 2.19. The third kappa shape index (κ3) is 3.48. The molecule has 1 aromatic rings. The summed E-state index contributed by atoms with van der Waals surface area (Å²) in [6.07, 6.45) is 5.41. The summed E-state index contributed by atoms with van der Waals surface area (Å²) in [4.78, 5) is 4.00. The standard InChI is InChI=1S/C11H12ClN/c1-10-9-13-8-6-11(10)5-3-2-4-7-12/h6,8-9H,2,4,7H2,1H3. The normalized spacial score (nSPS) is 9.08. The molecule has 0 N–H and O–H groups in total. The Labute approximate surface area is 84.1 Å². The van der Waals surface area contributed by atoms with Crippen molar-refractivity contribution in [2.75, 3.05) is 5.88 Å². The Kier molecular flexibility index (Phi) is 4.35. The van der Waals surface area contributed by atoms with Crippen molar-refractivity contribution < 1.29 is 0 Å². The van der Waals surface area contributed by atoms with Crippen molar-refractivity contribution in [1.82, 2.24) is 4.98 Å². The first kappa shape index (κ1) is 10.1. The van der Waals surface area contributed by atoms with Gasteiger partial charge >= 0.3 is 0 Å². The largest absolute Gasteiger partial charge is 0.264 e. The van der Waals surface area contributed by atoms with E-state index >= 15 is 0 Å². The molecule has 68 valence electrons. The molecule has 0 amide bonds. The molecule has 0 fully saturated rings. The van der Waals surface area contributed by atoms with Crippen LogP contribution in [-0.4, -0.2) is 10.9 Å². The zero-order chi connectivity index (χ0) is 9.52. The second-order valence-corrected chi connectivity index (χ2v) is 3.16.